The second kappa shape index (κ2) is 7.28. The van der Waals surface area contributed by atoms with Crippen LogP contribution in [-0.4, -0.2) is 42.3 Å². The van der Waals surface area contributed by atoms with Crippen molar-refractivity contribution < 1.29 is 0 Å². The van der Waals surface area contributed by atoms with Gasteiger partial charge in [0.05, 0.1) is 6.21 Å². The summed E-state index contributed by atoms with van der Waals surface area (Å²) < 4.78 is 0. The second-order valence-corrected chi connectivity index (χ2v) is 7.32. The van der Waals surface area contributed by atoms with Crippen LogP contribution >= 0.6 is 11.3 Å². The minimum atomic E-state index is 1.01. The molecule has 122 valence electrons. The lowest BCUT2D eigenvalue weighted by Gasteiger charge is -2.33. The molecule has 1 aromatic carbocycles. The van der Waals surface area contributed by atoms with Crippen molar-refractivity contribution in [3.05, 3.63) is 56.8 Å². The molecule has 0 radical (unpaired) electrons. The lowest BCUT2D eigenvalue weighted by Crippen LogP contribution is -2.43. The van der Waals surface area contributed by atoms with E-state index in [0.29, 0.717) is 0 Å². The summed E-state index contributed by atoms with van der Waals surface area (Å²) in [6.45, 7) is 11.7. The zero-order valence-electron chi connectivity index (χ0n) is 14.2. The van der Waals surface area contributed by atoms with E-state index in [2.05, 4.69) is 65.4 Å². The van der Waals surface area contributed by atoms with Crippen molar-refractivity contribution in [2.45, 2.75) is 27.3 Å². The topological polar surface area (TPSA) is 18.8 Å². The van der Waals surface area contributed by atoms with Crippen molar-refractivity contribution in [1.29, 1.82) is 0 Å². The Morgan fingerprint density at radius 2 is 1.83 bits per heavy atom. The first-order chi connectivity index (χ1) is 11.1. The summed E-state index contributed by atoms with van der Waals surface area (Å²) in [5, 5.41) is 8.96. The molecule has 2 heterocycles. The highest BCUT2D eigenvalue weighted by atomic mass is 32.1. The summed E-state index contributed by atoms with van der Waals surface area (Å²) in [5.74, 6) is 0. The van der Waals surface area contributed by atoms with Gasteiger partial charge in [-0.15, -0.1) is 11.3 Å². The predicted octanol–water partition coefficient (Wildman–Crippen LogP) is 3.83. The Kier molecular flexibility index (Phi) is 5.13. The van der Waals surface area contributed by atoms with Gasteiger partial charge in [0.25, 0.3) is 0 Å². The number of benzene rings is 1. The molecule has 3 rings (SSSR count). The Bertz CT molecular complexity index is 682. The first kappa shape index (κ1) is 16.2. The molecule has 0 bridgehead atoms. The van der Waals surface area contributed by atoms with Crippen LogP contribution in [0.25, 0.3) is 0 Å². The summed E-state index contributed by atoms with van der Waals surface area (Å²) in [4.78, 5) is 3.79. The summed E-state index contributed by atoms with van der Waals surface area (Å²) >= 11 is 1.76. The largest absolute Gasteiger partial charge is 0.295 e. The van der Waals surface area contributed by atoms with Gasteiger partial charge in [-0.3, -0.25) is 9.91 Å². The molecule has 1 fully saturated rings. The lowest BCUT2D eigenvalue weighted by atomic mass is 10.1. The van der Waals surface area contributed by atoms with E-state index < -0.39 is 0 Å². The maximum atomic E-state index is 4.65. The molecule has 1 aromatic heterocycles. The SMILES string of the molecule is Cc1ccc(CN2CCN(N=Cc3sccc3C)CC2)c(C)c1. The van der Waals surface area contributed by atoms with Gasteiger partial charge in [-0.05, 0) is 48.9 Å². The molecular formula is C19H25N3S. The van der Waals surface area contributed by atoms with Crippen molar-refractivity contribution >= 4 is 17.6 Å². The lowest BCUT2D eigenvalue weighted by molar-refractivity contribution is 0.131. The van der Waals surface area contributed by atoms with Gasteiger partial charge in [0.15, 0.2) is 0 Å². The van der Waals surface area contributed by atoms with Crippen molar-refractivity contribution in [3.63, 3.8) is 0 Å². The predicted molar refractivity (Wildman–Crippen MR) is 99.4 cm³/mol. The van der Waals surface area contributed by atoms with Gasteiger partial charge in [0.2, 0.25) is 0 Å². The van der Waals surface area contributed by atoms with Crippen molar-refractivity contribution in [2.24, 2.45) is 5.10 Å². The summed E-state index contributed by atoms with van der Waals surface area (Å²) in [6.07, 6.45) is 2.01. The Morgan fingerprint density at radius 1 is 1.04 bits per heavy atom. The molecule has 0 N–H and O–H groups in total. The van der Waals surface area contributed by atoms with Crippen LogP contribution in [0.1, 0.15) is 27.1 Å². The standard InChI is InChI=1S/C19H25N3S/c1-15-4-5-18(17(3)12-15)14-21-7-9-22(10-8-21)20-13-19-16(2)6-11-23-19/h4-6,11-13H,7-10,14H2,1-3H3. The molecule has 0 saturated carbocycles. The Hall–Kier alpha value is -1.65. The van der Waals surface area contributed by atoms with Gasteiger partial charge in [-0.1, -0.05) is 23.8 Å². The van der Waals surface area contributed by atoms with E-state index in [9.17, 15) is 0 Å². The van der Waals surface area contributed by atoms with Gasteiger partial charge in [-0.25, -0.2) is 0 Å². The zero-order chi connectivity index (χ0) is 16.2. The van der Waals surface area contributed by atoms with Gasteiger partial charge >= 0.3 is 0 Å². The summed E-state index contributed by atoms with van der Waals surface area (Å²) in [7, 11) is 0. The summed E-state index contributed by atoms with van der Waals surface area (Å²) in [6, 6.07) is 8.91. The number of hydrazone groups is 1. The monoisotopic (exact) mass is 327 g/mol. The fourth-order valence-corrected chi connectivity index (χ4v) is 3.71. The summed E-state index contributed by atoms with van der Waals surface area (Å²) in [5.41, 5.74) is 5.50. The van der Waals surface area contributed by atoms with Gasteiger partial charge in [-0.2, -0.15) is 5.10 Å². The third-order valence-corrected chi connectivity index (χ3v) is 5.43. The van der Waals surface area contributed by atoms with Crippen molar-refractivity contribution in [2.75, 3.05) is 26.2 Å². The van der Waals surface area contributed by atoms with E-state index in [1.807, 2.05) is 6.21 Å². The van der Waals surface area contributed by atoms with Crippen LogP contribution in [0.5, 0.6) is 0 Å². The molecule has 0 aliphatic carbocycles. The fourth-order valence-electron chi connectivity index (χ4n) is 2.93. The maximum Gasteiger partial charge on any atom is 0.0645 e. The highest BCUT2D eigenvalue weighted by Gasteiger charge is 2.16. The van der Waals surface area contributed by atoms with E-state index in [4.69, 9.17) is 0 Å². The van der Waals surface area contributed by atoms with E-state index in [1.54, 1.807) is 11.3 Å². The normalized spacial score (nSPS) is 16.4. The third kappa shape index (κ3) is 4.21. The quantitative estimate of drug-likeness (QED) is 0.795. The molecule has 1 aliphatic rings. The third-order valence-electron chi connectivity index (χ3n) is 4.48. The fraction of sp³-hybridized carbons (Fsp3) is 0.421. The number of thiophene rings is 1. The molecule has 23 heavy (non-hydrogen) atoms. The van der Waals surface area contributed by atoms with Crippen LogP contribution in [0.3, 0.4) is 0 Å². The number of hydrogen-bond donors (Lipinski definition) is 0. The van der Waals surface area contributed by atoms with Crippen molar-refractivity contribution in [1.82, 2.24) is 9.91 Å². The molecule has 3 nitrogen and oxygen atoms in total. The van der Waals surface area contributed by atoms with Crippen molar-refractivity contribution in [3.8, 4) is 0 Å². The Morgan fingerprint density at radius 3 is 2.48 bits per heavy atom. The average molecular weight is 327 g/mol. The van der Waals surface area contributed by atoms with E-state index in [0.717, 1.165) is 32.7 Å². The number of piperazine rings is 1. The maximum absolute atomic E-state index is 4.65. The Balaban J connectivity index is 1.52. The molecule has 1 aliphatic heterocycles. The smallest absolute Gasteiger partial charge is 0.0645 e. The van der Waals surface area contributed by atoms with E-state index >= 15 is 0 Å². The van der Waals surface area contributed by atoms with Gasteiger partial charge < -0.3 is 0 Å². The number of hydrogen-bond acceptors (Lipinski definition) is 4. The van der Waals surface area contributed by atoms with Crippen LogP contribution < -0.4 is 0 Å². The Labute approximate surface area is 143 Å². The van der Waals surface area contributed by atoms with Gasteiger partial charge in [0, 0.05) is 37.6 Å². The number of nitrogens with zero attached hydrogens (tertiary/aromatic N) is 3. The van der Waals surface area contributed by atoms with Crippen LogP contribution in [0.15, 0.2) is 34.7 Å². The molecule has 1 saturated heterocycles. The minimum absolute atomic E-state index is 1.01. The highest BCUT2D eigenvalue weighted by Crippen LogP contribution is 2.16. The van der Waals surface area contributed by atoms with E-state index in [1.165, 1.54) is 27.1 Å². The highest BCUT2D eigenvalue weighted by molar-refractivity contribution is 7.11. The molecule has 0 spiro atoms. The first-order valence-corrected chi connectivity index (χ1v) is 9.11. The van der Waals surface area contributed by atoms with Crippen LogP contribution in [0, 0.1) is 20.8 Å². The van der Waals surface area contributed by atoms with E-state index in [-0.39, 0.29) is 0 Å². The first-order valence-electron chi connectivity index (χ1n) is 8.23. The zero-order valence-corrected chi connectivity index (χ0v) is 15.1. The minimum Gasteiger partial charge on any atom is -0.295 e. The molecule has 2 aromatic rings. The van der Waals surface area contributed by atoms with Gasteiger partial charge in [0.1, 0.15) is 0 Å². The molecule has 0 unspecified atom stereocenters. The molecule has 0 amide bonds. The van der Waals surface area contributed by atoms with Crippen LogP contribution in [-0.2, 0) is 6.54 Å². The van der Waals surface area contributed by atoms with Crippen LogP contribution in [0.2, 0.25) is 0 Å². The number of aryl methyl sites for hydroxylation is 3. The average Bonchev–Trinajstić information content (AvgIpc) is 2.95. The molecule has 0 atom stereocenters. The number of rotatable bonds is 4. The van der Waals surface area contributed by atoms with Crippen LogP contribution in [0.4, 0.5) is 0 Å². The molecule has 4 heteroatoms. The molecular weight excluding hydrogens is 302 g/mol. The second-order valence-electron chi connectivity index (χ2n) is 6.37.